The minimum Gasteiger partial charge on any atom is -0.332 e. The quantitative estimate of drug-likeness (QED) is 0.701. The van der Waals surface area contributed by atoms with E-state index < -0.39 is 0 Å². The van der Waals surface area contributed by atoms with Gasteiger partial charge in [-0.15, -0.1) is 0 Å². The minimum atomic E-state index is -0.288. The Labute approximate surface area is 163 Å². The van der Waals surface area contributed by atoms with E-state index in [-0.39, 0.29) is 11.9 Å². The summed E-state index contributed by atoms with van der Waals surface area (Å²) in [6.07, 6.45) is 3.84. The number of benzene rings is 2. The van der Waals surface area contributed by atoms with Gasteiger partial charge in [0.25, 0.3) is 0 Å². The van der Waals surface area contributed by atoms with Gasteiger partial charge in [-0.2, -0.15) is 10.4 Å². The Hall–Kier alpha value is -3.33. The number of nitriles is 1. The first-order chi connectivity index (χ1) is 13.6. The number of aryl methyl sites for hydroxylation is 1. The van der Waals surface area contributed by atoms with E-state index in [1.54, 1.807) is 4.90 Å². The van der Waals surface area contributed by atoms with Gasteiger partial charge < -0.3 is 4.90 Å². The zero-order chi connectivity index (χ0) is 19.3. The normalized spacial score (nSPS) is 18.5. The fourth-order valence-corrected chi connectivity index (χ4v) is 4.41. The number of carbonyl (C=O) groups excluding carboxylic acids is 1. The van der Waals surface area contributed by atoms with Crippen molar-refractivity contribution in [3.05, 3.63) is 53.2 Å². The highest BCUT2D eigenvalue weighted by molar-refractivity contribution is 5.86. The predicted molar refractivity (Wildman–Crippen MR) is 106 cm³/mol. The molecule has 6 heteroatoms. The molecule has 3 aromatic rings. The second-order valence-electron chi connectivity index (χ2n) is 7.71. The molecule has 6 nitrogen and oxygen atoms in total. The molecule has 1 amide bonds. The van der Waals surface area contributed by atoms with Crippen LogP contribution in [-0.4, -0.2) is 38.5 Å². The summed E-state index contributed by atoms with van der Waals surface area (Å²) in [6, 6.07) is 12.4. The lowest BCUT2D eigenvalue weighted by Gasteiger charge is -2.23. The number of aromatic nitrogens is 2. The van der Waals surface area contributed by atoms with Crippen LogP contribution in [0.3, 0.4) is 0 Å². The molecular weight excluding hydrogens is 350 g/mol. The van der Waals surface area contributed by atoms with Crippen LogP contribution in [-0.2, 0) is 17.9 Å². The molecule has 0 saturated carbocycles. The Kier molecular flexibility index (Phi) is 3.83. The molecule has 1 saturated heterocycles. The van der Waals surface area contributed by atoms with Crippen LogP contribution < -0.4 is 0 Å². The number of H-pyrrole nitrogens is 1. The standard InChI is InChI=1S/C22H21N5O/c1-14-19-7-6-16(10-20(19)25-24-14)15-4-5-17-11-27(12-18(17)9-15)22(28)21-3-2-8-26(21)13-23/h4-7,9-10,21H,2-3,8,11-12H2,1H3,(H,24,25)/t21-/m0/s1. The summed E-state index contributed by atoms with van der Waals surface area (Å²) < 4.78 is 0. The number of hydrogen-bond acceptors (Lipinski definition) is 4. The number of rotatable bonds is 2. The molecular formula is C22H21N5O. The number of aromatic amines is 1. The lowest BCUT2D eigenvalue weighted by Crippen LogP contribution is -2.41. The van der Waals surface area contributed by atoms with E-state index >= 15 is 0 Å². The van der Waals surface area contributed by atoms with Crippen molar-refractivity contribution in [1.29, 1.82) is 5.26 Å². The average molecular weight is 371 g/mol. The van der Waals surface area contributed by atoms with Crippen molar-refractivity contribution in [3.63, 3.8) is 0 Å². The Morgan fingerprint density at radius 3 is 2.82 bits per heavy atom. The molecule has 0 aliphatic carbocycles. The van der Waals surface area contributed by atoms with E-state index in [1.807, 2.05) is 11.8 Å². The van der Waals surface area contributed by atoms with Crippen molar-refractivity contribution < 1.29 is 4.79 Å². The van der Waals surface area contributed by atoms with E-state index in [0.717, 1.165) is 40.6 Å². The molecule has 1 N–H and O–H groups in total. The zero-order valence-electron chi connectivity index (χ0n) is 15.8. The van der Waals surface area contributed by atoms with Crippen LogP contribution in [0.2, 0.25) is 0 Å². The molecule has 3 heterocycles. The molecule has 0 unspecified atom stereocenters. The SMILES string of the molecule is Cc1[nH]nc2cc(-c3ccc4c(c3)CN(C(=O)[C@@H]3CCCN3C#N)C4)ccc12. The molecule has 0 radical (unpaired) electrons. The van der Waals surface area contributed by atoms with Crippen LogP contribution in [0.5, 0.6) is 0 Å². The Balaban J connectivity index is 1.40. The van der Waals surface area contributed by atoms with Gasteiger partial charge in [0, 0.05) is 30.7 Å². The molecule has 1 aromatic heterocycles. The van der Waals surface area contributed by atoms with Gasteiger partial charge >= 0.3 is 0 Å². The van der Waals surface area contributed by atoms with Crippen molar-refractivity contribution in [2.75, 3.05) is 6.54 Å². The minimum absolute atomic E-state index is 0.0743. The van der Waals surface area contributed by atoms with Gasteiger partial charge in [-0.25, -0.2) is 0 Å². The number of likely N-dealkylation sites (tertiary alicyclic amines) is 1. The zero-order valence-corrected chi connectivity index (χ0v) is 15.8. The summed E-state index contributed by atoms with van der Waals surface area (Å²) in [5, 5.41) is 17.8. The molecule has 0 spiro atoms. The summed E-state index contributed by atoms with van der Waals surface area (Å²) in [5.74, 6) is 0.0743. The lowest BCUT2D eigenvalue weighted by molar-refractivity contribution is -0.135. The molecule has 2 aliphatic heterocycles. The number of fused-ring (bicyclic) bond motifs is 2. The van der Waals surface area contributed by atoms with Gasteiger partial charge in [-0.1, -0.05) is 24.3 Å². The number of nitrogens with zero attached hydrogens (tertiary/aromatic N) is 4. The maximum absolute atomic E-state index is 12.9. The second-order valence-corrected chi connectivity index (χ2v) is 7.71. The third-order valence-electron chi connectivity index (χ3n) is 5.99. The fourth-order valence-electron chi connectivity index (χ4n) is 4.41. The molecule has 0 bridgehead atoms. The van der Waals surface area contributed by atoms with Crippen LogP contribution in [0.1, 0.15) is 29.7 Å². The maximum atomic E-state index is 12.9. The molecule has 1 fully saturated rings. The Bertz CT molecular complexity index is 1130. The van der Waals surface area contributed by atoms with Gasteiger partial charge in [0.2, 0.25) is 5.91 Å². The molecule has 1 atom stereocenters. The summed E-state index contributed by atoms with van der Waals surface area (Å²) in [6.45, 7) is 3.95. The van der Waals surface area contributed by atoms with Gasteiger partial charge in [0.05, 0.1) is 5.52 Å². The summed E-state index contributed by atoms with van der Waals surface area (Å²) in [7, 11) is 0. The second kappa shape index (κ2) is 6.38. The van der Waals surface area contributed by atoms with Gasteiger partial charge in [-0.3, -0.25) is 14.8 Å². The fraction of sp³-hybridized carbons (Fsp3) is 0.318. The van der Waals surface area contributed by atoms with E-state index in [0.29, 0.717) is 19.6 Å². The summed E-state index contributed by atoms with van der Waals surface area (Å²) in [5.41, 5.74) is 6.67. The molecule has 28 heavy (non-hydrogen) atoms. The van der Waals surface area contributed by atoms with Crippen molar-refractivity contribution in [3.8, 4) is 17.3 Å². The van der Waals surface area contributed by atoms with Gasteiger partial charge in [0.15, 0.2) is 6.19 Å². The average Bonchev–Trinajstić information content (AvgIpc) is 3.44. The first kappa shape index (κ1) is 16.8. The first-order valence-corrected chi connectivity index (χ1v) is 9.66. The highest BCUT2D eigenvalue weighted by atomic mass is 16.2. The predicted octanol–water partition coefficient (Wildman–Crippen LogP) is 3.33. The smallest absolute Gasteiger partial charge is 0.246 e. The monoisotopic (exact) mass is 371 g/mol. The van der Waals surface area contributed by atoms with E-state index in [4.69, 9.17) is 0 Å². The summed E-state index contributed by atoms with van der Waals surface area (Å²) >= 11 is 0. The maximum Gasteiger partial charge on any atom is 0.246 e. The highest BCUT2D eigenvalue weighted by Crippen LogP contribution is 2.31. The van der Waals surface area contributed by atoms with Gasteiger partial charge in [0.1, 0.15) is 6.04 Å². The summed E-state index contributed by atoms with van der Waals surface area (Å²) in [4.78, 5) is 16.4. The molecule has 2 aliphatic rings. The van der Waals surface area contributed by atoms with Crippen molar-refractivity contribution >= 4 is 16.8 Å². The van der Waals surface area contributed by atoms with Crippen LogP contribution in [0.4, 0.5) is 0 Å². The highest BCUT2D eigenvalue weighted by Gasteiger charge is 2.35. The van der Waals surface area contributed by atoms with Crippen molar-refractivity contribution in [2.24, 2.45) is 0 Å². The third kappa shape index (κ3) is 2.63. The van der Waals surface area contributed by atoms with E-state index in [1.165, 1.54) is 11.1 Å². The first-order valence-electron chi connectivity index (χ1n) is 9.66. The topological polar surface area (TPSA) is 76.0 Å². The number of amides is 1. The van der Waals surface area contributed by atoms with Crippen molar-refractivity contribution in [2.45, 2.75) is 38.9 Å². The van der Waals surface area contributed by atoms with Crippen LogP contribution in [0.25, 0.3) is 22.0 Å². The Morgan fingerprint density at radius 2 is 1.96 bits per heavy atom. The largest absolute Gasteiger partial charge is 0.332 e. The van der Waals surface area contributed by atoms with Crippen LogP contribution in [0, 0.1) is 18.4 Å². The van der Waals surface area contributed by atoms with Crippen LogP contribution >= 0.6 is 0 Å². The number of hydrogen-bond donors (Lipinski definition) is 1. The number of nitrogens with one attached hydrogen (secondary N) is 1. The number of carbonyl (C=O) groups is 1. The van der Waals surface area contributed by atoms with Crippen LogP contribution in [0.15, 0.2) is 36.4 Å². The van der Waals surface area contributed by atoms with Gasteiger partial charge in [-0.05, 0) is 54.2 Å². The Morgan fingerprint density at radius 1 is 1.18 bits per heavy atom. The van der Waals surface area contributed by atoms with E-state index in [9.17, 15) is 10.1 Å². The lowest BCUT2D eigenvalue weighted by atomic mass is 9.99. The van der Waals surface area contributed by atoms with Crippen molar-refractivity contribution in [1.82, 2.24) is 20.0 Å². The van der Waals surface area contributed by atoms with E-state index in [2.05, 4.69) is 52.8 Å². The molecule has 5 rings (SSSR count). The molecule has 140 valence electrons. The third-order valence-corrected chi connectivity index (χ3v) is 5.99. The molecule has 2 aromatic carbocycles.